The smallest absolute Gasteiger partial charge is 0.0545 e. The van der Waals surface area contributed by atoms with Gasteiger partial charge in [-0.15, -0.1) is 13.2 Å². The fraction of sp³-hybridized carbons (Fsp3) is 0.714. The first kappa shape index (κ1) is 15.4. The summed E-state index contributed by atoms with van der Waals surface area (Å²) in [5, 5.41) is 19.4. The van der Waals surface area contributed by atoms with Crippen LogP contribution in [0.15, 0.2) is 25.3 Å². The molecule has 94 valence electrons. The molecular formula is C14H26O2. The maximum atomic E-state index is 9.69. The molecule has 0 saturated carbocycles. The minimum absolute atomic E-state index is 0.264. The topological polar surface area (TPSA) is 40.5 Å². The van der Waals surface area contributed by atoms with Crippen LogP contribution < -0.4 is 0 Å². The Bertz CT molecular complexity index is 169. The van der Waals surface area contributed by atoms with Crippen LogP contribution in [0.3, 0.4) is 0 Å². The fourth-order valence-corrected chi connectivity index (χ4v) is 1.88. The van der Waals surface area contributed by atoms with Crippen molar-refractivity contribution < 1.29 is 10.2 Å². The van der Waals surface area contributed by atoms with E-state index in [0.717, 1.165) is 38.5 Å². The summed E-state index contributed by atoms with van der Waals surface area (Å²) in [4.78, 5) is 0. The molecule has 0 aromatic heterocycles. The SMILES string of the molecule is C=CCCC(O)CC(C)CC(O)CCC=C. The molecule has 2 atom stereocenters. The molecule has 2 nitrogen and oxygen atoms in total. The van der Waals surface area contributed by atoms with Crippen LogP contribution in [0.4, 0.5) is 0 Å². The molecule has 0 aromatic carbocycles. The first-order chi connectivity index (χ1) is 7.60. The van der Waals surface area contributed by atoms with E-state index in [9.17, 15) is 10.2 Å². The third-order valence-electron chi connectivity index (χ3n) is 2.76. The van der Waals surface area contributed by atoms with Crippen molar-refractivity contribution in [3.8, 4) is 0 Å². The van der Waals surface area contributed by atoms with Crippen molar-refractivity contribution in [2.45, 2.75) is 57.7 Å². The van der Waals surface area contributed by atoms with Gasteiger partial charge in [0.1, 0.15) is 0 Å². The summed E-state index contributed by atoms with van der Waals surface area (Å²) in [6.45, 7) is 9.34. The van der Waals surface area contributed by atoms with E-state index in [1.54, 1.807) is 0 Å². The van der Waals surface area contributed by atoms with Crippen LogP contribution in [-0.4, -0.2) is 22.4 Å². The van der Waals surface area contributed by atoms with Crippen LogP contribution in [-0.2, 0) is 0 Å². The average Bonchev–Trinajstić information content (AvgIpc) is 2.23. The second-order valence-corrected chi connectivity index (χ2v) is 4.62. The Morgan fingerprint density at radius 3 is 1.62 bits per heavy atom. The van der Waals surface area contributed by atoms with Crippen LogP contribution in [0.5, 0.6) is 0 Å². The Kier molecular flexibility index (Phi) is 9.25. The Balaban J connectivity index is 3.66. The van der Waals surface area contributed by atoms with Gasteiger partial charge in [0.05, 0.1) is 12.2 Å². The standard InChI is InChI=1S/C14H26O2/c1-4-6-8-13(15)10-12(3)11-14(16)9-7-5-2/h4-5,12-16H,1-2,6-11H2,3H3. The molecule has 0 bridgehead atoms. The van der Waals surface area contributed by atoms with E-state index >= 15 is 0 Å². The van der Waals surface area contributed by atoms with Crippen LogP contribution in [0.25, 0.3) is 0 Å². The van der Waals surface area contributed by atoms with Crippen molar-refractivity contribution in [3.63, 3.8) is 0 Å². The molecule has 0 fully saturated rings. The number of aliphatic hydroxyl groups excluding tert-OH is 2. The zero-order valence-electron chi connectivity index (χ0n) is 10.4. The van der Waals surface area contributed by atoms with E-state index in [1.165, 1.54) is 0 Å². The van der Waals surface area contributed by atoms with E-state index in [1.807, 2.05) is 12.2 Å². The zero-order chi connectivity index (χ0) is 12.4. The monoisotopic (exact) mass is 226 g/mol. The van der Waals surface area contributed by atoms with Gasteiger partial charge < -0.3 is 10.2 Å². The lowest BCUT2D eigenvalue weighted by Gasteiger charge is -2.18. The molecular weight excluding hydrogens is 200 g/mol. The summed E-state index contributed by atoms with van der Waals surface area (Å²) in [5.41, 5.74) is 0. The molecule has 0 aliphatic heterocycles. The molecule has 0 saturated heterocycles. The zero-order valence-corrected chi connectivity index (χ0v) is 10.4. The largest absolute Gasteiger partial charge is 0.393 e. The lowest BCUT2D eigenvalue weighted by Crippen LogP contribution is -2.17. The molecule has 0 amide bonds. The van der Waals surface area contributed by atoms with Gasteiger partial charge in [-0.25, -0.2) is 0 Å². The predicted molar refractivity (Wildman–Crippen MR) is 69.3 cm³/mol. The van der Waals surface area contributed by atoms with Gasteiger partial charge in [0.2, 0.25) is 0 Å². The molecule has 0 aromatic rings. The van der Waals surface area contributed by atoms with E-state index in [2.05, 4.69) is 20.1 Å². The Hall–Kier alpha value is -0.600. The molecule has 0 radical (unpaired) electrons. The Morgan fingerprint density at radius 1 is 0.938 bits per heavy atom. The van der Waals surface area contributed by atoms with E-state index in [0.29, 0.717) is 5.92 Å². The summed E-state index contributed by atoms with van der Waals surface area (Å²) < 4.78 is 0. The van der Waals surface area contributed by atoms with Crippen molar-refractivity contribution in [2.24, 2.45) is 5.92 Å². The summed E-state index contributed by atoms with van der Waals surface area (Å²) in [7, 11) is 0. The Morgan fingerprint density at radius 2 is 1.31 bits per heavy atom. The van der Waals surface area contributed by atoms with Gasteiger partial charge in [0.15, 0.2) is 0 Å². The van der Waals surface area contributed by atoms with Crippen molar-refractivity contribution in [2.75, 3.05) is 0 Å². The highest BCUT2D eigenvalue weighted by Gasteiger charge is 2.13. The summed E-state index contributed by atoms with van der Waals surface area (Å²) >= 11 is 0. The fourth-order valence-electron chi connectivity index (χ4n) is 1.88. The van der Waals surface area contributed by atoms with Crippen molar-refractivity contribution >= 4 is 0 Å². The maximum absolute atomic E-state index is 9.69. The molecule has 0 aliphatic carbocycles. The normalized spacial score (nSPS) is 16.4. The van der Waals surface area contributed by atoms with Gasteiger partial charge in [-0.05, 0) is 44.4 Å². The van der Waals surface area contributed by atoms with Crippen molar-refractivity contribution in [1.82, 2.24) is 0 Å². The highest BCUT2D eigenvalue weighted by atomic mass is 16.3. The number of aliphatic hydroxyl groups is 2. The van der Waals surface area contributed by atoms with E-state index < -0.39 is 0 Å². The third-order valence-corrected chi connectivity index (χ3v) is 2.76. The van der Waals surface area contributed by atoms with Gasteiger partial charge >= 0.3 is 0 Å². The van der Waals surface area contributed by atoms with Gasteiger partial charge in [-0.2, -0.15) is 0 Å². The Labute approximate surface area is 99.7 Å². The molecule has 0 aliphatic rings. The lowest BCUT2D eigenvalue weighted by molar-refractivity contribution is 0.100. The van der Waals surface area contributed by atoms with E-state index in [4.69, 9.17) is 0 Å². The van der Waals surface area contributed by atoms with Crippen LogP contribution in [0.2, 0.25) is 0 Å². The minimum atomic E-state index is -0.264. The average molecular weight is 226 g/mol. The summed E-state index contributed by atoms with van der Waals surface area (Å²) in [6.07, 6.45) is 7.91. The number of hydrogen-bond acceptors (Lipinski definition) is 2. The van der Waals surface area contributed by atoms with Gasteiger partial charge in [0.25, 0.3) is 0 Å². The predicted octanol–water partition coefficient (Wildman–Crippen LogP) is 3.06. The number of allylic oxidation sites excluding steroid dienone is 2. The van der Waals surface area contributed by atoms with Crippen LogP contribution in [0.1, 0.15) is 45.4 Å². The number of hydrogen-bond donors (Lipinski definition) is 2. The van der Waals surface area contributed by atoms with Crippen molar-refractivity contribution in [3.05, 3.63) is 25.3 Å². The highest BCUT2D eigenvalue weighted by Crippen LogP contribution is 2.17. The van der Waals surface area contributed by atoms with Gasteiger partial charge in [-0.3, -0.25) is 0 Å². The molecule has 2 unspecified atom stereocenters. The minimum Gasteiger partial charge on any atom is -0.393 e. The lowest BCUT2D eigenvalue weighted by atomic mass is 9.93. The van der Waals surface area contributed by atoms with Gasteiger partial charge in [-0.1, -0.05) is 19.1 Å². The van der Waals surface area contributed by atoms with Gasteiger partial charge in [0, 0.05) is 0 Å². The summed E-state index contributed by atoms with van der Waals surface area (Å²) in [6, 6.07) is 0. The van der Waals surface area contributed by atoms with Crippen LogP contribution in [0, 0.1) is 5.92 Å². The summed E-state index contributed by atoms with van der Waals surface area (Å²) in [5.74, 6) is 0.361. The first-order valence-corrected chi connectivity index (χ1v) is 6.18. The van der Waals surface area contributed by atoms with Crippen molar-refractivity contribution in [1.29, 1.82) is 0 Å². The molecule has 0 spiro atoms. The molecule has 2 heteroatoms. The maximum Gasteiger partial charge on any atom is 0.0545 e. The molecule has 0 heterocycles. The second kappa shape index (κ2) is 9.61. The quantitative estimate of drug-likeness (QED) is 0.562. The first-order valence-electron chi connectivity index (χ1n) is 6.18. The highest BCUT2D eigenvalue weighted by molar-refractivity contribution is 4.73. The second-order valence-electron chi connectivity index (χ2n) is 4.62. The molecule has 16 heavy (non-hydrogen) atoms. The third kappa shape index (κ3) is 8.69. The molecule has 0 rings (SSSR count). The number of rotatable bonds is 10. The molecule has 2 N–H and O–H groups in total. The van der Waals surface area contributed by atoms with E-state index in [-0.39, 0.29) is 12.2 Å². The van der Waals surface area contributed by atoms with Crippen LogP contribution >= 0.6 is 0 Å².